The summed E-state index contributed by atoms with van der Waals surface area (Å²) in [4.78, 5) is 14.6. The normalized spacial score (nSPS) is 15.2. The number of hydrogen-bond acceptors (Lipinski definition) is 6. The summed E-state index contributed by atoms with van der Waals surface area (Å²) in [5, 5.41) is 19.8. The predicted octanol–water partition coefficient (Wildman–Crippen LogP) is 3.37. The molecule has 0 saturated carbocycles. The molecule has 2 rings (SSSR count). The Morgan fingerprint density at radius 3 is 2.70 bits per heavy atom. The molecule has 30 heavy (non-hydrogen) atoms. The lowest BCUT2D eigenvalue weighted by Crippen LogP contribution is -2.36. The van der Waals surface area contributed by atoms with Crippen LogP contribution in [0.1, 0.15) is 38.7 Å². The monoisotopic (exact) mass is 412 g/mol. The SMILES string of the molecule is CCCC(=N)OCCC(C)CNC(=O)/C(C#N)=C/c1ccc(N2CCOCC2)cc1. The minimum atomic E-state index is -0.374. The summed E-state index contributed by atoms with van der Waals surface area (Å²) in [6.07, 6.45) is 3.89. The first-order valence-corrected chi connectivity index (χ1v) is 10.6. The van der Waals surface area contributed by atoms with Crippen LogP contribution in [0.25, 0.3) is 6.08 Å². The third kappa shape index (κ3) is 7.88. The van der Waals surface area contributed by atoms with Gasteiger partial charge in [-0.3, -0.25) is 10.2 Å². The molecule has 1 heterocycles. The molecule has 1 aliphatic rings. The van der Waals surface area contributed by atoms with Crippen molar-refractivity contribution in [3.63, 3.8) is 0 Å². The third-order valence-electron chi connectivity index (χ3n) is 4.92. The van der Waals surface area contributed by atoms with Gasteiger partial charge < -0.3 is 19.7 Å². The van der Waals surface area contributed by atoms with E-state index in [1.807, 2.05) is 44.2 Å². The highest BCUT2D eigenvalue weighted by molar-refractivity contribution is 6.01. The minimum Gasteiger partial charge on any atom is -0.481 e. The summed E-state index contributed by atoms with van der Waals surface area (Å²) >= 11 is 0. The summed E-state index contributed by atoms with van der Waals surface area (Å²) in [7, 11) is 0. The Morgan fingerprint density at radius 2 is 2.07 bits per heavy atom. The van der Waals surface area contributed by atoms with E-state index in [0.717, 1.165) is 50.4 Å². The maximum atomic E-state index is 12.4. The molecule has 162 valence electrons. The fourth-order valence-corrected chi connectivity index (χ4v) is 3.06. The molecular formula is C23H32N4O3. The van der Waals surface area contributed by atoms with Crippen molar-refractivity contribution in [1.82, 2.24) is 5.32 Å². The van der Waals surface area contributed by atoms with Crippen LogP contribution < -0.4 is 10.2 Å². The fraction of sp³-hybridized carbons (Fsp3) is 0.522. The van der Waals surface area contributed by atoms with Crippen LogP contribution in [0.4, 0.5) is 5.69 Å². The number of morpholine rings is 1. The number of ether oxygens (including phenoxy) is 2. The highest BCUT2D eigenvalue weighted by Gasteiger charge is 2.13. The number of benzene rings is 1. The van der Waals surface area contributed by atoms with Crippen LogP contribution >= 0.6 is 0 Å². The second kappa shape index (κ2) is 12.7. The maximum absolute atomic E-state index is 12.4. The van der Waals surface area contributed by atoms with E-state index in [0.29, 0.717) is 25.5 Å². The smallest absolute Gasteiger partial charge is 0.261 e. The highest BCUT2D eigenvalue weighted by Crippen LogP contribution is 2.18. The van der Waals surface area contributed by atoms with Crippen molar-refractivity contribution in [2.75, 3.05) is 44.4 Å². The molecule has 1 atom stereocenters. The zero-order valence-electron chi connectivity index (χ0n) is 17.9. The highest BCUT2D eigenvalue weighted by atomic mass is 16.5. The van der Waals surface area contributed by atoms with Crippen LogP contribution in [0.15, 0.2) is 29.8 Å². The van der Waals surface area contributed by atoms with Crippen molar-refractivity contribution < 1.29 is 14.3 Å². The van der Waals surface area contributed by atoms with Gasteiger partial charge in [0, 0.05) is 31.7 Å². The van der Waals surface area contributed by atoms with E-state index in [1.165, 1.54) is 0 Å². The first-order chi connectivity index (χ1) is 14.5. The van der Waals surface area contributed by atoms with E-state index in [-0.39, 0.29) is 17.4 Å². The van der Waals surface area contributed by atoms with Gasteiger partial charge in [-0.15, -0.1) is 0 Å². The number of hydrogen-bond donors (Lipinski definition) is 2. The Hall–Kier alpha value is -2.85. The Labute approximate surface area is 179 Å². The quantitative estimate of drug-likeness (QED) is 0.266. The molecule has 0 spiro atoms. The van der Waals surface area contributed by atoms with Crippen molar-refractivity contribution >= 4 is 23.6 Å². The summed E-state index contributed by atoms with van der Waals surface area (Å²) in [5.41, 5.74) is 2.01. The van der Waals surface area contributed by atoms with Gasteiger partial charge in [0.1, 0.15) is 11.6 Å². The molecule has 0 aliphatic carbocycles. The summed E-state index contributed by atoms with van der Waals surface area (Å²) in [6, 6.07) is 9.83. The first kappa shape index (κ1) is 23.4. The van der Waals surface area contributed by atoms with Crippen molar-refractivity contribution in [2.45, 2.75) is 33.1 Å². The molecule has 1 unspecified atom stereocenters. The fourth-order valence-electron chi connectivity index (χ4n) is 3.06. The molecule has 0 radical (unpaired) electrons. The van der Waals surface area contributed by atoms with Crippen molar-refractivity contribution in [1.29, 1.82) is 10.7 Å². The molecule has 1 saturated heterocycles. The van der Waals surface area contributed by atoms with Crippen LogP contribution in [0.5, 0.6) is 0 Å². The van der Waals surface area contributed by atoms with Crippen LogP contribution in [-0.4, -0.2) is 51.3 Å². The van der Waals surface area contributed by atoms with E-state index in [9.17, 15) is 10.1 Å². The zero-order valence-corrected chi connectivity index (χ0v) is 17.9. The molecule has 1 aliphatic heterocycles. The van der Waals surface area contributed by atoms with Crippen LogP contribution in [0, 0.1) is 22.7 Å². The molecule has 1 aromatic carbocycles. The number of carbonyl (C=O) groups excluding carboxylic acids is 1. The van der Waals surface area contributed by atoms with Crippen LogP contribution in [0.3, 0.4) is 0 Å². The number of anilines is 1. The lowest BCUT2D eigenvalue weighted by molar-refractivity contribution is -0.117. The summed E-state index contributed by atoms with van der Waals surface area (Å²) in [6.45, 7) is 8.12. The second-order valence-corrected chi connectivity index (χ2v) is 7.49. The van der Waals surface area contributed by atoms with E-state index in [2.05, 4.69) is 10.2 Å². The lowest BCUT2D eigenvalue weighted by atomic mass is 10.1. The van der Waals surface area contributed by atoms with E-state index in [1.54, 1.807) is 6.08 Å². The van der Waals surface area contributed by atoms with Crippen molar-refractivity contribution in [3.05, 3.63) is 35.4 Å². The van der Waals surface area contributed by atoms with Gasteiger partial charge in [0.25, 0.3) is 5.91 Å². The summed E-state index contributed by atoms with van der Waals surface area (Å²) in [5.74, 6) is 0.125. The number of amides is 1. The van der Waals surface area contributed by atoms with Gasteiger partial charge >= 0.3 is 0 Å². The topological polar surface area (TPSA) is 98.4 Å². The number of carbonyl (C=O) groups is 1. The van der Waals surface area contributed by atoms with E-state index >= 15 is 0 Å². The Bertz CT molecular complexity index is 762. The van der Waals surface area contributed by atoms with Gasteiger partial charge in [0.2, 0.25) is 0 Å². The van der Waals surface area contributed by atoms with E-state index < -0.39 is 0 Å². The molecular weight excluding hydrogens is 380 g/mol. The first-order valence-electron chi connectivity index (χ1n) is 10.6. The number of nitriles is 1. The molecule has 2 N–H and O–H groups in total. The third-order valence-corrected chi connectivity index (χ3v) is 4.92. The average Bonchev–Trinajstić information content (AvgIpc) is 2.77. The molecule has 7 heteroatoms. The van der Waals surface area contributed by atoms with Gasteiger partial charge in [0.15, 0.2) is 5.90 Å². The lowest BCUT2D eigenvalue weighted by Gasteiger charge is -2.28. The Kier molecular flexibility index (Phi) is 9.88. The number of rotatable bonds is 10. The Morgan fingerprint density at radius 1 is 1.37 bits per heavy atom. The average molecular weight is 413 g/mol. The Balaban J connectivity index is 1.82. The standard InChI is InChI=1S/C23H32N4O3/c1-3-4-22(25)30-12-9-18(2)17-26-23(28)20(16-24)15-19-5-7-21(8-6-19)27-10-13-29-14-11-27/h5-8,15,18,25H,3-4,9-14,17H2,1-2H3,(H,26,28)/b20-15+,25-22?. The molecule has 1 amide bonds. The van der Waals surface area contributed by atoms with Gasteiger partial charge in [-0.05, 0) is 42.5 Å². The van der Waals surface area contributed by atoms with Crippen LogP contribution in [-0.2, 0) is 14.3 Å². The zero-order chi connectivity index (χ0) is 21.8. The minimum absolute atomic E-state index is 0.0855. The second-order valence-electron chi connectivity index (χ2n) is 7.49. The van der Waals surface area contributed by atoms with Gasteiger partial charge in [-0.1, -0.05) is 26.0 Å². The molecule has 1 aromatic rings. The molecule has 0 bridgehead atoms. The number of nitrogens with one attached hydrogen (secondary N) is 2. The molecule has 1 fully saturated rings. The molecule has 0 aromatic heterocycles. The van der Waals surface area contributed by atoms with Crippen LogP contribution in [0.2, 0.25) is 0 Å². The largest absolute Gasteiger partial charge is 0.481 e. The van der Waals surface area contributed by atoms with E-state index in [4.69, 9.17) is 14.9 Å². The van der Waals surface area contributed by atoms with Crippen molar-refractivity contribution in [2.24, 2.45) is 5.92 Å². The van der Waals surface area contributed by atoms with Gasteiger partial charge in [-0.25, -0.2) is 0 Å². The molecule has 7 nitrogen and oxygen atoms in total. The van der Waals surface area contributed by atoms with Crippen molar-refractivity contribution in [3.8, 4) is 6.07 Å². The summed E-state index contributed by atoms with van der Waals surface area (Å²) < 4.78 is 10.7. The van der Waals surface area contributed by atoms with Gasteiger partial charge in [0.05, 0.1) is 19.8 Å². The van der Waals surface area contributed by atoms with Gasteiger partial charge in [-0.2, -0.15) is 5.26 Å². The maximum Gasteiger partial charge on any atom is 0.261 e. The predicted molar refractivity (Wildman–Crippen MR) is 118 cm³/mol. The number of nitrogens with zero attached hydrogens (tertiary/aromatic N) is 2.